The average molecular weight is 439 g/mol. The molecule has 2 aromatic carbocycles. The molecule has 0 fully saturated rings. The molecule has 0 bridgehead atoms. The van der Waals surface area contributed by atoms with Crippen LogP contribution in [-0.4, -0.2) is 25.8 Å². The minimum atomic E-state index is -0.818. The lowest BCUT2D eigenvalue weighted by molar-refractivity contribution is -0.383. The molecular formula is C19H14FN7O3S. The van der Waals surface area contributed by atoms with Crippen LogP contribution in [0, 0.1) is 22.9 Å². The molecule has 0 aliphatic rings. The molecule has 0 saturated carbocycles. The van der Waals surface area contributed by atoms with Gasteiger partial charge in [-0.15, -0.1) is 0 Å². The van der Waals surface area contributed by atoms with Gasteiger partial charge in [0, 0.05) is 0 Å². The van der Waals surface area contributed by atoms with Gasteiger partial charge in [-0.05, 0) is 36.8 Å². The number of nitrogens with zero attached hydrogens (tertiary/aromatic N) is 4. The average Bonchev–Trinajstić information content (AvgIpc) is 3.13. The number of carbonyl (C=O) groups is 1. The van der Waals surface area contributed by atoms with Gasteiger partial charge in [0.1, 0.15) is 12.1 Å². The second kappa shape index (κ2) is 8.28. The highest BCUT2D eigenvalue weighted by Gasteiger charge is 2.25. The molecule has 1 amide bonds. The van der Waals surface area contributed by atoms with Crippen molar-refractivity contribution in [2.75, 3.05) is 10.7 Å². The number of halogens is 1. The SMILES string of the molecule is Cc1ccc2nc(Nc3ncnc(NNC(=O)c4ccccc4F)c3[N+](=O)[O-])sc2c1. The summed E-state index contributed by atoms with van der Waals surface area (Å²) in [4.78, 5) is 35.3. The molecule has 0 aliphatic heterocycles. The van der Waals surface area contributed by atoms with Crippen molar-refractivity contribution >= 4 is 49.9 Å². The molecule has 0 saturated heterocycles. The van der Waals surface area contributed by atoms with E-state index in [9.17, 15) is 19.3 Å². The maximum atomic E-state index is 13.8. The van der Waals surface area contributed by atoms with Crippen LogP contribution in [0.5, 0.6) is 0 Å². The Hall–Kier alpha value is -4.19. The second-order valence-electron chi connectivity index (χ2n) is 6.35. The smallest absolute Gasteiger partial charge is 0.310 e. The molecule has 156 valence electrons. The third kappa shape index (κ3) is 4.23. The molecule has 31 heavy (non-hydrogen) atoms. The normalized spacial score (nSPS) is 10.6. The molecule has 12 heteroatoms. The topological polar surface area (TPSA) is 135 Å². The fourth-order valence-corrected chi connectivity index (χ4v) is 3.71. The van der Waals surface area contributed by atoms with Crippen LogP contribution in [0.25, 0.3) is 10.2 Å². The van der Waals surface area contributed by atoms with Crippen LogP contribution in [0.3, 0.4) is 0 Å². The van der Waals surface area contributed by atoms with Crippen LogP contribution in [0.1, 0.15) is 15.9 Å². The molecule has 0 spiro atoms. The number of hydrogen-bond donors (Lipinski definition) is 3. The van der Waals surface area contributed by atoms with E-state index in [0.29, 0.717) is 5.13 Å². The van der Waals surface area contributed by atoms with Crippen LogP contribution in [0.4, 0.5) is 26.8 Å². The summed E-state index contributed by atoms with van der Waals surface area (Å²) in [5, 5.41) is 14.9. The summed E-state index contributed by atoms with van der Waals surface area (Å²) < 4.78 is 14.7. The van der Waals surface area contributed by atoms with Gasteiger partial charge in [0.05, 0.1) is 20.7 Å². The Morgan fingerprint density at radius 1 is 1.16 bits per heavy atom. The summed E-state index contributed by atoms with van der Waals surface area (Å²) in [6, 6.07) is 11.1. The van der Waals surface area contributed by atoms with Crippen molar-refractivity contribution in [3.05, 3.63) is 75.9 Å². The molecule has 2 aromatic heterocycles. The summed E-state index contributed by atoms with van der Waals surface area (Å²) in [5.74, 6) is -1.93. The first-order valence-electron chi connectivity index (χ1n) is 8.87. The molecule has 0 aliphatic carbocycles. The van der Waals surface area contributed by atoms with Crippen LogP contribution < -0.4 is 16.2 Å². The van der Waals surface area contributed by atoms with Gasteiger partial charge in [-0.1, -0.05) is 29.5 Å². The maximum Gasteiger partial charge on any atom is 0.355 e. The lowest BCUT2D eigenvalue weighted by Crippen LogP contribution is -2.31. The van der Waals surface area contributed by atoms with Gasteiger partial charge in [0.15, 0.2) is 5.13 Å². The fourth-order valence-electron chi connectivity index (χ4n) is 2.75. The van der Waals surface area contributed by atoms with Crippen molar-refractivity contribution in [3.8, 4) is 0 Å². The first kappa shape index (κ1) is 20.1. The number of anilines is 3. The predicted molar refractivity (Wildman–Crippen MR) is 114 cm³/mol. The zero-order chi connectivity index (χ0) is 22.0. The first-order valence-corrected chi connectivity index (χ1v) is 9.68. The molecule has 0 radical (unpaired) electrons. The number of aromatic nitrogens is 3. The third-order valence-electron chi connectivity index (χ3n) is 4.19. The summed E-state index contributed by atoms with van der Waals surface area (Å²) in [6.07, 6.45) is 1.09. The number of amides is 1. The molecule has 4 rings (SSSR count). The van der Waals surface area contributed by atoms with Crippen molar-refractivity contribution in [2.24, 2.45) is 0 Å². The van der Waals surface area contributed by atoms with Crippen molar-refractivity contribution < 1.29 is 14.1 Å². The van der Waals surface area contributed by atoms with Crippen LogP contribution in [0.15, 0.2) is 48.8 Å². The second-order valence-corrected chi connectivity index (χ2v) is 7.38. The van der Waals surface area contributed by atoms with E-state index < -0.39 is 22.3 Å². The standard InChI is InChI=1S/C19H14FN7O3S/c1-10-6-7-13-14(8-10)31-19(23-13)24-16-15(27(29)30)17(22-9-21-16)25-26-18(28)11-4-2-3-5-12(11)20/h2-9H,1H3,(H,26,28)(H2,21,22,23,24,25). The van der Waals surface area contributed by atoms with Crippen molar-refractivity contribution in [3.63, 3.8) is 0 Å². The van der Waals surface area contributed by atoms with E-state index in [0.717, 1.165) is 28.2 Å². The van der Waals surface area contributed by atoms with E-state index in [1.54, 1.807) is 0 Å². The molecule has 4 aromatic rings. The first-order chi connectivity index (χ1) is 14.9. The van der Waals surface area contributed by atoms with Gasteiger partial charge in [0.25, 0.3) is 5.91 Å². The van der Waals surface area contributed by atoms with E-state index in [1.807, 2.05) is 25.1 Å². The Morgan fingerprint density at radius 3 is 2.71 bits per heavy atom. The number of thiazole rings is 1. The highest BCUT2D eigenvalue weighted by atomic mass is 32.1. The molecule has 0 atom stereocenters. The Labute approximate surface area is 178 Å². The highest BCUT2D eigenvalue weighted by molar-refractivity contribution is 7.22. The summed E-state index contributed by atoms with van der Waals surface area (Å²) in [5.41, 5.74) is 5.64. The molecule has 10 nitrogen and oxygen atoms in total. The van der Waals surface area contributed by atoms with Gasteiger partial charge >= 0.3 is 5.69 Å². The van der Waals surface area contributed by atoms with E-state index in [1.165, 1.54) is 29.5 Å². The number of nitrogens with one attached hydrogen (secondary N) is 3. The summed E-state index contributed by atoms with van der Waals surface area (Å²) in [7, 11) is 0. The minimum Gasteiger partial charge on any atom is -0.310 e. The number of hydrogen-bond acceptors (Lipinski definition) is 9. The zero-order valence-electron chi connectivity index (χ0n) is 15.9. The number of fused-ring (bicyclic) bond motifs is 1. The monoisotopic (exact) mass is 439 g/mol. The van der Waals surface area contributed by atoms with Crippen molar-refractivity contribution in [1.29, 1.82) is 0 Å². The Kier molecular flexibility index (Phi) is 5.37. The molecule has 0 unspecified atom stereocenters. The number of aryl methyl sites for hydroxylation is 1. The highest BCUT2D eigenvalue weighted by Crippen LogP contribution is 2.34. The molecular weight excluding hydrogens is 425 g/mol. The summed E-state index contributed by atoms with van der Waals surface area (Å²) >= 11 is 1.31. The number of carbonyl (C=O) groups excluding carboxylic acids is 1. The van der Waals surface area contributed by atoms with E-state index in [2.05, 4.69) is 31.1 Å². The third-order valence-corrected chi connectivity index (χ3v) is 5.12. The van der Waals surface area contributed by atoms with Gasteiger partial charge in [-0.25, -0.2) is 19.3 Å². The molecule has 2 heterocycles. The Bertz CT molecular complexity index is 1310. The van der Waals surface area contributed by atoms with Gasteiger partial charge in [0.2, 0.25) is 11.6 Å². The Balaban J connectivity index is 1.59. The van der Waals surface area contributed by atoms with Gasteiger partial charge < -0.3 is 5.32 Å². The van der Waals surface area contributed by atoms with E-state index in [-0.39, 0.29) is 17.2 Å². The molecule has 3 N–H and O–H groups in total. The lowest BCUT2D eigenvalue weighted by atomic mass is 10.2. The van der Waals surface area contributed by atoms with Crippen molar-refractivity contribution in [1.82, 2.24) is 20.4 Å². The van der Waals surface area contributed by atoms with Crippen LogP contribution in [-0.2, 0) is 0 Å². The maximum absolute atomic E-state index is 13.8. The number of hydrazine groups is 1. The van der Waals surface area contributed by atoms with E-state index >= 15 is 0 Å². The van der Waals surface area contributed by atoms with Gasteiger partial charge in [-0.3, -0.25) is 25.8 Å². The fraction of sp³-hybridized carbons (Fsp3) is 0.0526. The number of benzene rings is 2. The number of nitro groups is 1. The Morgan fingerprint density at radius 2 is 1.94 bits per heavy atom. The quantitative estimate of drug-likeness (QED) is 0.304. The largest absolute Gasteiger partial charge is 0.355 e. The zero-order valence-corrected chi connectivity index (χ0v) is 16.7. The number of rotatable bonds is 6. The van der Waals surface area contributed by atoms with Crippen LogP contribution >= 0.6 is 11.3 Å². The predicted octanol–water partition coefficient (Wildman–Crippen LogP) is 3.94. The van der Waals surface area contributed by atoms with Crippen LogP contribution in [0.2, 0.25) is 0 Å². The van der Waals surface area contributed by atoms with Gasteiger partial charge in [-0.2, -0.15) is 0 Å². The summed E-state index contributed by atoms with van der Waals surface area (Å²) in [6.45, 7) is 1.95. The van der Waals surface area contributed by atoms with Crippen molar-refractivity contribution in [2.45, 2.75) is 6.92 Å². The minimum absolute atomic E-state index is 0.113. The van der Waals surface area contributed by atoms with E-state index in [4.69, 9.17) is 0 Å². The lowest BCUT2D eigenvalue weighted by Gasteiger charge is -2.10.